The van der Waals surface area contributed by atoms with Gasteiger partial charge < -0.3 is 5.32 Å². The summed E-state index contributed by atoms with van der Waals surface area (Å²) in [6.07, 6.45) is 6.41. The summed E-state index contributed by atoms with van der Waals surface area (Å²) >= 11 is 0. The van der Waals surface area contributed by atoms with Crippen molar-refractivity contribution in [2.45, 2.75) is 20.3 Å². The molecular weight excluding hydrogens is 190 g/mol. The van der Waals surface area contributed by atoms with Gasteiger partial charge in [0.1, 0.15) is 6.33 Å². The Morgan fingerprint density at radius 2 is 2.40 bits per heavy atom. The van der Waals surface area contributed by atoms with Crippen molar-refractivity contribution in [3.63, 3.8) is 0 Å². The number of nitrogens with one attached hydrogen (secondary N) is 1. The minimum Gasteiger partial charge on any atom is -0.367 e. The van der Waals surface area contributed by atoms with E-state index in [4.69, 9.17) is 0 Å². The Kier molecular flexibility index (Phi) is 2.80. The molecule has 80 valence electrons. The molecule has 2 rings (SSSR count). The van der Waals surface area contributed by atoms with Crippen LogP contribution in [-0.4, -0.2) is 26.1 Å². The second-order valence-electron chi connectivity index (χ2n) is 3.73. The third-order valence-electron chi connectivity index (χ3n) is 2.53. The molecule has 0 radical (unpaired) electrons. The van der Waals surface area contributed by atoms with Crippen LogP contribution in [0.2, 0.25) is 0 Å². The van der Waals surface area contributed by atoms with Gasteiger partial charge in [-0.2, -0.15) is 0 Å². The molecule has 0 saturated carbocycles. The standard InChI is InChI=1S/C10H15N5/c1-3-8(2)6-12-9-10-14-13-7-15(10)5-4-11-9/h4-5,7-8H,3,6H2,1-2H3,(H,11,12). The van der Waals surface area contributed by atoms with Gasteiger partial charge in [0.05, 0.1) is 0 Å². The van der Waals surface area contributed by atoms with E-state index in [0.29, 0.717) is 5.92 Å². The number of rotatable bonds is 4. The lowest BCUT2D eigenvalue weighted by molar-refractivity contribution is 0.592. The number of fused-ring (bicyclic) bond motifs is 1. The van der Waals surface area contributed by atoms with Crippen LogP contribution in [0.5, 0.6) is 0 Å². The van der Waals surface area contributed by atoms with E-state index in [1.165, 1.54) is 0 Å². The first-order valence-corrected chi connectivity index (χ1v) is 5.19. The fourth-order valence-electron chi connectivity index (χ4n) is 1.30. The highest BCUT2D eigenvalue weighted by Crippen LogP contribution is 2.10. The van der Waals surface area contributed by atoms with Crippen molar-refractivity contribution < 1.29 is 0 Å². The monoisotopic (exact) mass is 205 g/mol. The Bertz CT molecular complexity index is 436. The zero-order chi connectivity index (χ0) is 10.7. The largest absolute Gasteiger partial charge is 0.367 e. The maximum Gasteiger partial charge on any atom is 0.203 e. The molecule has 0 amide bonds. The third-order valence-corrected chi connectivity index (χ3v) is 2.53. The first kappa shape index (κ1) is 9.89. The molecule has 5 heteroatoms. The maximum atomic E-state index is 4.25. The zero-order valence-corrected chi connectivity index (χ0v) is 9.01. The maximum absolute atomic E-state index is 4.25. The molecular formula is C10H15N5. The average Bonchev–Trinajstić information content (AvgIpc) is 2.74. The fourth-order valence-corrected chi connectivity index (χ4v) is 1.30. The van der Waals surface area contributed by atoms with Gasteiger partial charge in [-0.25, -0.2) is 4.98 Å². The number of hydrogen-bond donors (Lipinski definition) is 1. The molecule has 2 heterocycles. The van der Waals surface area contributed by atoms with Crippen LogP contribution >= 0.6 is 0 Å². The van der Waals surface area contributed by atoms with Crippen LogP contribution in [0.3, 0.4) is 0 Å². The normalized spacial score (nSPS) is 12.9. The minimum absolute atomic E-state index is 0.634. The second-order valence-corrected chi connectivity index (χ2v) is 3.73. The quantitative estimate of drug-likeness (QED) is 0.823. The predicted molar refractivity (Wildman–Crippen MR) is 58.7 cm³/mol. The van der Waals surface area contributed by atoms with Crippen LogP contribution in [0.1, 0.15) is 20.3 Å². The number of hydrogen-bond acceptors (Lipinski definition) is 4. The van der Waals surface area contributed by atoms with E-state index in [-0.39, 0.29) is 0 Å². The molecule has 1 atom stereocenters. The summed E-state index contributed by atoms with van der Waals surface area (Å²) in [4.78, 5) is 4.25. The molecule has 1 N–H and O–H groups in total. The van der Waals surface area contributed by atoms with Crippen LogP contribution in [-0.2, 0) is 0 Å². The Morgan fingerprint density at radius 3 is 3.20 bits per heavy atom. The van der Waals surface area contributed by atoms with E-state index < -0.39 is 0 Å². The first-order chi connectivity index (χ1) is 7.31. The van der Waals surface area contributed by atoms with E-state index in [0.717, 1.165) is 24.4 Å². The van der Waals surface area contributed by atoms with Crippen LogP contribution in [0.15, 0.2) is 18.7 Å². The Hall–Kier alpha value is -1.65. The summed E-state index contributed by atoms with van der Waals surface area (Å²) in [7, 11) is 0. The Labute approximate surface area is 88.6 Å². The summed E-state index contributed by atoms with van der Waals surface area (Å²) in [6, 6.07) is 0. The Balaban J connectivity index is 2.17. The van der Waals surface area contributed by atoms with Crippen molar-refractivity contribution in [1.82, 2.24) is 19.6 Å². The highest BCUT2D eigenvalue weighted by molar-refractivity contribution is 5.61. The van der Waals surface area contributed by atoms with Crippen LogP contribution in [0.4, 0.5) is 5.82 Å². The summed E-state index contributed by atoms with van der Waals surface area (Å²) in [5.41, 5.74) is 0.779. The molecule has 0 spiro atoms. The molecule has 5 nitrogen and oxygen atoms in total. The smallest absolute Gasteiger partial charge is 0.203 e. The van der Waals surface area contributed by atoms with Gasteiger partial charge in [0, 0.05) is 18.9 Å². The SMILES string of the molecule is CCC(C)CNc1nccn2cnnc12. The summed E-state index contributed by atoms with van der Waals surface area (Å²) in [5, 5.41) is 11.1. The van der Waals surface area contributed by atoms with Gasteiger partial charge in [-0.1, -0.05) is 20.3 Å². The van der Waals surface area contributed by atoms with E-state index >= 15 is 0 Å². The van der Waals surface area contributed by atoms with Crippen molar-refractivity contribution in [1.29, 1.82) is 0 Å². The van der Waals surface area contributed by atoms with E-state index in [9.17, 15) is 0 Å². The molecule has 2 aromatic heterocycles. The molecule has 0 aliphatic carbocycles. The van der Waals surface area contributed by atoms with Gasteiger partial charge in [-0.3, -0.25) is 4.40 Å². The predicted octanol–water partition coefficient (Wildman–Crippen LogP) is 1.58. The molecule has 0 bridgehead atoms. The lowest BCUT2D eigenvalue weighted by Gasteiger charge is -2.10. The summed E-state index contributed by atoms with van der Waals surface area (Å²) in [6.45, 7) is 5.30. The topological polar surface area (TPSA) is 55.1 Å². The van der Waals surface area contributed by atoms with Gasteiger partial charge in [0.25, 0.3) is 0 Å². The Morgan fingerprint density at radius 1 is 1.53 bits per heavy atom. The molecule has 0 saturated heterocycles. The van der Waals surface area contributed by atoms with Gasteiger partial charge in [-0.15, -0.1) is 10.2 Å². The number of anilines is 1. The highest BCUT2D eigenvalue weighted by atomic mass is 15.2. The van der Waals surface area contributed by atoms with Gasteiger partial charge >= 0.3 is 0 Å². The van der Waals surface area contributed by atoms with Crippen LogP contribution < -0.4 is 5.32 Å². The molecule has 2 aromatic rings. The lowest BCUT2D eigenvalue weighted by atomic mass is 10.1. The molecule has 0 aliphatic heterocycles. The van der Waals surface area contributed by atoms with Gasteiger partial charge in [-0.05, 0) is 5.92 Å². The number of aromatic nitrogens is 4. The van der Waals surface area contributed by atoms with Crippen molar-refractivity contribution in [2.75, 3.05) is 11.9 Å². The van der Waals surface area contributed by atoms with Gasteiger partial charge in [0.2, 0.25) is 5.65 Å². The lowest BCUT2D eigenvalue weighted by Crippen LogP contribution is -2.12. The average molecular weight is 205 g/mol. The van der Waals surface area contributed by atoms with Crippen molar-refractivity contribution >= 4 is 11.5 Å². The molecule has 0 aliphatic rings. The number of nitrogens with zero attached hydrogens (tertiary/aromatic N) is 4. The third kappa shape index (κ3) is 2.06. The molecule has 15 heavy (non-hydrogen) atoms. The zero-order valence-electron chi connectivity index (χ0n) is 9.01. The van der Waals surface area contributed by atoms with Crippen LogP contribution in [0.25, 0.3) is 5.65 Å². The van der Waals surface area contributed by atoms with Crippen molar-refractivity contribution in [3.05, 3.63) is 18.7 Å². The highest BCUT2D eigenvalue weighted by Gasteiger charge is 2.05. The van der Waals surface area contributed by atoms with Crippen molar-refractivity contribution in [2.24, 2.45) is 5.92 Å². The van der Waals surface area contributed by atoms with Crippen LogP contribution in [0, 0.1) is 5.92 Å². The van der Waals surface area contributed by atoms with E-state index in [2.05, 4.69) is 34.3 Å². The summed E-state index contributed by atoms with van der Waals surface area (Å²) < 4.78 is 1.85. The van der Waals surface area contributed by atoms with Crippen molar-refractivity contribution in [3.8, 4) is 0 Å². The first-order valence-electron chi connectivity index (χ1n) is 5.19. The fraction of sp³-hybridized carbons (Fsp3) is 0.500. The molecule has 0 aromatic carbocycles. The van der Waals surface area contributed by atoms with E-state index in [1.807, 2.05) is 10.6 Å². The molecule has 0 fully saturated rings. The summed E-state index contributed by atoms with van der Waals surface area (Å²) in [5.74, 6) is 1.44. The second kappa shape index (κ2) is 4.25. The molecule has 1 unspecified atom stereocenters. The minimum atomic E-state index is 0.634. The van der Waals surface area contributed by atoms with E-state index in [1.54, 1.807) is 12.5 Å². The van der Waals surface area contributed by atoms with Gasteiger partial charge in [0.15, 0.2) is 5.82 Å².